The highest BCUT2D eigenvalue weighted by Gasteiger charge is 2.12. The predicted octanol–water partition coefficient (Wildman–Crippen LogP) is 5.25. The van der Waals surface area contributed by atoms with Crippen LogP contribution in [0.5, 0.6) is 0 Å². The van der Waals surface area contributed by atoms with Gasteiger partial charge in [-0.2, -0.15) is 0 Å². The van der Waals surface area contributed by atoms with E-state index in [-0.39, 0.29) is 5.41 Å². The molecule has 0 aliphatic carbocycles. The molecule has 1 nitrogen and oxygen atoms in total. The normalized spacial score (nSPS) is 11.4. The molecule has 0 heterocycles. The third kappa shape index (κ3) is 4.00. The number of hydrogen-bond donors (Lipinski definition) is 1. The molecule has 0 fully saturated rings. The van der Waals surface area contributed by atoms with Crippen LogP contribution in [0.25, 0.3) is 0 Å². The van der Waals surface area contributed by atoms with E-state index in [0.717, 1.165) is 17.3 Å². The first-order chi connectivity index (χ1) is 8.95. The van der Waals surface area contributed by atoms with E-state index in [9.17, 15) is 0 Å². The van der Waals surface area contributed by atoms with E-state index < -0.39 is 0 Å². The Hall–Kier alpha value is -1.47. The van der Waals surface area contributed by atoms with Gasteiger partial charge in [0.25, 0.3) is 0 Å². The van der Waals surface area contributed by atoms with Gasteiger partial charge in [-0.15, -0.1) is 0 Å². The minimum absolute atomic E-state index is 0.203. The quantitative estimate of drug-likeness (QED) is 0.805. The molecule has 0 aliphatic rings. The van der Waals surface area contributed by atoms with E-state index in [2.05, 4.69) is 50.4 Å². The predicted molar refractivity (Wildman–Crippen MR) is 83.9 cm³/mol. The molecular formula is C17H20ClN. The molecule has 2 aromatic rings. The Morgan fingerprint density at radius 2 is 1.47 bits per heavy atom. The van der Waals surface area contributed by atoms with Crippen LogP contribution in [-0.2, 0) is 12.0 Å². The van der Waals surface area contributed by atoms with Gasteiger partial charge in [0.1, 0.15) is 0 Å². The molecule has 0 aliphatic heterocycles. The summed E-state index contributed by atoms with van der Waals surface area (Å²) in [4.78, 5) is 0. The van der Waals surface area contributed by atoms with Gasteiger partial charge in [-0.25, -0.2) is 0 Å². The first-order valence-corrected chi connectivity index (χ1v) is 6.92. The molecule has 0 saturated carbocycles. The van der Waals surface area contributed by atoms with Gasteiger partial charge < -0.3 is 5.32 Å². The van der Waals surface area contributed by atoms with Crippen molar-refractivity contribution in [1.82, 2.24) is 0 Å². The molecule has 19 heavy (non-hydrogen) atoms. The zero-order valence-electron chi connectivity index (χ0n) is 11.7. The second kappa shape index (κ2) is 5.66. The molecule has 0 atom stereocenters. The first kappa shape index (κ1) is 14.0. The highest BCUT2D eigenvalue weighted by molar-refractivity contribution is 6.30. The molecule has 0 amide bonds. The molecule has 0 saturated heterocycles. The van der Waals surface area contributed by atoms with Crippen molar-refractivity contribution >= 4 is 17.3 Å². The Labute approximate surface area is 120 Å². The fraction of sp³-hybridized carbons (Fsp3) is 0.294. The van der Waals surface area contributed by atoms with Crippen molar-refractivity contribution in [2.45, 2.75) is 32.7 Å². The van der Waals surface area contributed by atoms with Gasteiger partial charge in [-0.3, -0.25) is 0 Å². The summed E-state index contributed by atoms with van der Waals surface area (Å²) in [6.07, 6.45) is 0. The van der Waals surface area contributed by atoms with Crippen molar-refractivity contribution in [1.29, 1.82) is 0 Å². The number of benzene rings is 2. The maximum absolute atomic E-state index is 5.87. The van der Waals surface area contributed by atoms with E-state index in [1.54, 1.807) is 0 Å². The van der Waals surface area contributed by atoms with Gasteiger partial charge in [0.05, 0.1) is 0 Å². The Bertz CT molecular complexity index is 521. The van der Waals surface area contributed by atoms with Gasteiger partial charge in [0.15, 0.2) is 0 Å². The van der Waals surface area contributed by atoms with Crippen LogP contribution in [0.4, 0.5) is 5.69 Å². The van der Waals surface area contributed by atoms with E-state index in [1.165, 1.54) is 11.1 Å². The van der Waals surface area contributed by atoms with Crippen LogP contribution in [0.3, 0.4) is 0 Å². The number of nitrogens with one attached hydrogen (secondary N) is 1. The lowest BCUT2D eigenvalue weighted by molar-refractivity contribution is 0.590. The van der Waals surface area contributed by atoms with Crippen LogP contribution in [0, 0.1) is 0 Å². The van der Waals surface area contributed by atoms with Gasteiger partial charge >= 0.3 is 0 Å². The number of halogens is 1. The summed E-state index contributed by atoms with van der Waals surface area (Å²) >= 11 is 5.87. The second-order valence-corrected chi connectivity index (χ2v) is 6.24. The highest BCUT2D eigenvalue weighted by atomic mass is 35.5. The standard InChI is InChI=1S/C17H20ClN/c1-17(2,3)14-6-10-16(11-7-14)19-12-13-4-8-15(18)9-5-13/h4-11,19H,12H2,1-3H3. The van der Waals surface area contributed by atoms with E-state index in [1.807, 2.05) is 24.3 Å². The number of hydrogen-bond acceptors (Lipinski definition) is 1. The summed E-state index contributed by atoms with van der Waals surface area (Å²) < 4.78 is 0. The molecule has 0 spiro atoms. The minimum Gasteiger partial charge on any atom is -0.381 e. The SMILES string of the molecule is CC(C)(C)c1ccc(NCc2ccc(Cl)cc2)cc1. The maximum atomic E-state index is 5.87. The van der Waals surface area contributed by atoms with Crippen LogP contribution in [0.1, 0.15) is 31.9 Å². The highest BCUT2D eigenvalue weighted by Crippen LogP contribution is 2.23. The summed E-state index contributed by atoms with van der Waals surface area (Å²) in [6, 6.07) is 16.6. The smallest absolute Gasteiger partial charge is 0.0406 e. The maximum Gasteiger partial charge on any atom is 0.0406 e. The summed E-state index contributed by atoms with van der Waals surface area (Å²) in [5.74, 6) is 0. The Morgan fingerprint density at radius 1 is 0.895 bits per heavy atom. The lowest BCUT2D eigenvalue weighted by Crippen LogP contribution is -2.10. The number of anilines is 1. The van der Waals surface area contributed by atoms with Crippen LogP contribution in [0.15, 0.2) is 48.5 Å². The largest absolute Gasteiger partial charge is 0.381 e. The molecule has 0 aromatic heterocycles. The second-order valence-electron chi connectivity index (χ2n) is 5.81. The average Bonchev–Trinajstić information content (AvgIpc) is 2.37. The first-order valence-electron chi connectivity index (χ1n) is 6.54. The summed E-state index contributed by atoms with van der Waals surface area (Å²) in [5.41, 5.74) is 3.92. The Morgan fingerprint density at radius 3 is 2.00 bits per heavy atom. The molecule has 100 valence electrons. The Balaban J connectivity index is 1.98. The van der Waals surface area contributed by atoms with E-state index >= 15 is 0 Å². The topological polar surface area (TPSA) is 12.0 Å². The molecular weight excluding hydrogens is 254 g/mol. The molecule has 2 rings (SSSR count). The van der Waals surface area contributed by atoms with Gasteiger partial charge in [-0.1, -0.05) is 56.6 Å². The average molecular weight is 274 g/mol. The lowest BCUT2D eigenvalue weighted by atomic mass is 9.87. The molecule has 1 N–H and O–H groups in total. The zero-order chi connectivity index (χ0) is 13.9. The molecule has 2 heteroatoms. The van der Waals surface area contributed by atoms with Crippen molar-refractivity contribution in [2.75, 3.05) is 5.32 Å². The Kier molecular flexibility index (Phi) is 4.16. The monoisotopic (exact) mass is 273 g/mol. The summed E-state index contributed by atoms with van der Waals surface area (Å²) in [5, 5.41) is 4.19. The third-order valence-electron chi connectivity index (χ3n) is 3.16. The molecule has 0 unspecified atom stereocenters. The molecule has 0 radical (unpaired) electrons. The number of rotatable bonds is 3. The fourth-order valence-corrected chi connectivity index (χ4v) is 2.02. The molecule has 2 aromatic carbocycles. The minimum atomic E-state index is 0.203. The lowest BCUT2D eigenvalue weighted by Gasteiger charge is -2.19. The van der Waals surface area contributed by atoms with Gasteiger partial charge in [-0.05, 0) is 40.8 Å². The van der Waals surface area contributed by atoms with E-state index in [0.29, 0.717) is 0 Å². The third-order valence-corrected chi connectivity index (χ3v) is 3.41. The summed E-state index contributed by atoms with van der Waals surface area (Å²) in [6.45, 7) is 7.49. The van der Waals surface area contributed by atoms with Crippen LogP contribution in [0.2, 0.25) is 5.02 Å². The van der Waals surface area contributed by atoms with Crippen molar-refractivity contribution < 1.29 is 0 Å². The van der Waals surface area contributed by atoms with Crippen molar-refractivity contribution in [3.63, 3.8) is 0 Å². The van der Waals surface area contributed by atoms with Crippen molar-refractivity contribution in [2.24, 2.45) is 0 Å². The van der Waals surface area contributed by atoms with Crippen molar-refractivity contribution in [3.8, 4) is 0 Å². The van der Waals surface area contributed by atoms with Gasteiger partial charge in [0.2, 0.25) is 0 Å². The van der Waals surface area contributed by atoms with Crippen LogP contribution < -0.4 is 5.32 Å². The van der Waals surface area contributed by atoms with Crippen LogP contribution >= 0.6 is 11.6 Å². The van der Waals surface area contributed by atoms with Crippen molar-refractivity contribution in [3.05, 3.63) is 64.7 Å². The fourth-order valence-electron chi connectivity index (χ4n) is 1.89. The molecule has 0 bridgehead atoms. The zero-order valence-corrected chi connectivity index (χ0v) is 12.5. The summed E-state index contributed by atoms with van der Waals surface area (Å²) in [7, 11) is 0. The van der Waals surface area contributed by atoms with Gasteiger partial charge in [0, 0.05) is 17.3 Å². The van der Waals surface area contributed by atoms with Crippen LogP contribution in [-0.4, -0.2) is 0 Å². The van der Waals surface area contributed by atoms with E-state index in [4.69, 9.17) is 11.6 Å².